The van der Waals surface area contributed by atoms with Crippen LogP contribution in [0.2, 0.25) is 0 Å². The van der Waals surface area contributed by atoms with Crippen LogP contribution < -0.4 is 4.57 Å². The molecule has 0 N–H and O–H groups in total. The first-order valence-corrected chi connectivity index (χ1v) is 14.5. The Balaban J connectivity index is 0.000000664. The average Bonchev–Trinajstić information content (AvgIpc) is 2.96. The van der Waals surface area contributed by atoms with E-state index >= 15 is 0 Å². The van der Waals surface area contributed by atoms with Crippen LogP contribution in [-0.2, 0) is 9.53 Å². The number of hydrogen-bond donors (Lipinski definition) is 0. The van der Waals surface area contributed by atoms with E-state index in [1.807, 2.05) is 75.4 Å². The molecule has 0 fully saturated rings. The van der Waals surface area contributed by atoms with Crippen LogP contribution in [-0.4, -0.2) is 18.8 Å². The van der Waals surface area contributed by atoms with Crippen LogP contribution in [0.25, 0.3) is 61.0 Å². The lowest BCUT2D eigenvalue weighted by molar-refractivity contribution is -0.537. The summed E-state index contributed by atoms with van der Waals surface area (Å²) < 4.78 is 59.4. The number of esters is 1. The highest BCUT2D eigenvalue weighted by Crippen LogP contribution is 2.47. The van der Waals surface area contributed by atoms with E-state index in [0.717, 1.165) is 61.0 Å². The maximum atomic E-state index is 11.9. The highest BCUT2D eigenvalue weighted by atomic mass is 19.5. The summed E-state index contributed by atoms with van der Waals surface area (Å²) >= 11 is 0. The van der Waals surface area contributed by atoms with Crippen LogP contribution in [0.3, 0.4) is 0 Å². The monoisotopic (exact) mass is 613 g/mol. The van der Waals surface area contributed by atoms with Gasteiger partial charge in [-0.2, -0.15) is 4.57 Å². The minimum absolute atomic E-state index is 0.178. The van der Waals surface area contributed by atoms with Gasteiger partial charge in [0.05, 0.1) is 16.3 Å². The van der Waals surface area contributed by atoms with E-state index in [1.165, 1.54) is 5.56 Å². The number of pyridine rings is 1. The third-order valence-corrected chi connectivity index (χ3v) is 7.13. The summed E-state index contributed by atoms with van der Waals surface area (Å²) in [6.45, 7) is 5.64. The Hall–Kier alpha value is -5.04. The molecule has 3 heterocycles. The number of unbranched alkanes of at least 4 members (excludes halogenated alkanes) is 1. The molecule has 0 atom stereocenters. The zero-order valence-electron chi connectivity index (χ0n) is 24.8. The van der Waals surface area contributed by atoms with Crippen LogP contribution in [0, 0.1) is 11.8 Å². The lowest BCUT2D eigenvalue weighted by Gasteiger charge is -2.19. The molecule has 5 nitrogen and oxygen atoms in total. The largest absolute Gasteiger partial charge is 0.673 e. The topological polar surface area (TPSA) is 56.5 Å². The Morgan fingerprint density at radius 2 is 1.29 bits per heavy atom. The van der Waals surface area contributed by atoms with Crippen molar-refractivity contribution in [2.24, 2.45) is 0 Å². The van der Waals surface area contributed by atoms with Crippen molar-refractivity contribution < 1.29 is 40.2 Å². The van der Waals surface area contributed by atoms with Crippen molar-refractivity contribution in [3.63, 3.8) is 0 Å². The SMILES string of the molecule is CC(C)(C)OC(=O)CCCC#Cc1ccc(-[n+]2c3cccc4oc5cccc6oc7cccc2c7c(c43)-c56)cc1.F[B-](F)(F)F. The molecule has 0 saturated carbocycles. The van der Waals surface area contributed by atoms with Gasteiger partial charge in [-0.1, -0.05) is 30.0 Å². The standard InChI is InChI=1S/C35H28NO4.BF4/c1-35(2,3)40-30(37)17-6-4-5-10-22-18-20-23(21-19-22)36-24-11-7-13-26-31(24)34-32-25(36)12-8-14-27(32)39-29-16-9-15-28(38-26)33(29)34;2-1(3,4)5/h7-9,11-16,18-21H,4,6,17H2,1-3H3;/q+1;-1. The molecule has 0 unspecified atom stereocenters. The zero-order valence-corrected chi connectivity index (χ0v) is 24.8. The molecule has 45 heavy (non-hydrogen) atoms. The van der Waals surface area contributed by atoms with Gasteiger partial charge in [-0.3, -0.25) is 4.79 Å². The van der Waals surface area contributed by atoms with Gasteiger partial charge >= 0.3 is 13.2 Å². The van der Waals surface area contributed by atoms with Crippen molar-refractivity contribution in [1.82, 2.24) is 0 Å². The molecular formula is C35H28BF4NO4. The van der Waals surface area contributed by atoms with E-state index in [2.05, 4.69) is 40.7 Å². The second-order valence-electron chi connectivity index (χ2n) is 11.6. The summed E-state index contributed by atoms with van der Waals surface area (Å²) in [4.78, 5) is 11.9. The fourth-order valence-electron chi connectivity index (χ4n) is 5.60. The van der Waals surface area contributed by atoms with Crippen LogP contribution in [0.1, 0.15) is 45.6 Å². The zero-order chi connectivity index (χ0) is 31.9. The molecule has 0 amide bonds. The predicted octanol–water partition coefficient (Wildman–Crippen LogP) is 9.47. The number of benzene rings is 4. The molecule has 0 saturated heterocycles. The number of ether oxygens (including phenoxy) is 1. The summed E-state index contributed by atoms with van der Waals surface area (Å²) in [7, 11) is -6.00. The van der Waals surface area contributed by atoms with Gasteiger partial charge in [0.25, 0.3) is 0 Å². The van der Waals surface area contributed by atoms with Crippen LogP contribution >= 0.6 is 0 Å². The predicted molar refractivity (Wildman–Crippen MR) is 167 cm³/mol. The minimum Gasteiger partial charge on any atom is -0.460 e. The highest BCUT2D eigenvalue weighted by Gasteiger charge is 2.31. The molecule has 0 spiro atoms. The summed E-state index contributed by atoms with van der Waals surface area (Å²) in [5.74, 6) is 6.25. The van der Waals surface area contributed by atoms with Crippen molar-refractivity contribution in [1.29, 1.82) is 0 Å². The van der Waals surface area contributed by atoms with Gasteiger partial charge in [0.15, 0.2) is 0 Å². The molecule has 2 aliphatic heterocycles. The Morgan fingerprint density at radius 3 is 1.82 bits per heavy atom. The number of carbonyl (C=O) groups is 1. The number of hydrogen-bond acceptors (Lipinski definition) is 4. The quantitative estimate of drug-likeness (QED) is 0.0290. The van der Waals surface area contributed by atoms with Crippen molar-refractivity contribution >= 4 is 57.4 Å². The van der Waals surface area contributed by atoms with Crippen LogP contribution in [0.5, 0.6) is 0 Å². The van der Waals surface area contributed by atoms with Crippen molar-refractivity contribution in [3.05, 3.63) is 84.4 Å². The van der Waals surface area contributed by atoms with Gasteiger partial charge in [0, 0.05) is 48.2 Å². The van der Waals surface area contributed by atoms with Gasteiger partial charge < -0.3 is 30.8 Å². The lowest BCUT2D eigenvalue weighted by atomic mass is 9.92. The van der Waals surface area contributed by atoms with Gasteiger partial charge in [-0.05, 0) is 63.6 Å². The van der Waals surface area contributed by atoms with Gasteiger partial charge in [-0.25, -0.2) is 0 Å². The number of nitrogens with zero attached hydrogens (tertiary/aromatic N) is 1. The number of carbonyl (C=O) groups excluding carboxylic acids is 1. The second kappa shape index (κ2) is 11.5. The van der Waals surface area contributed by atoms with Crippen molar-refractivity contribution in [2.45, 2.75) is 45.6 Å². The first-order chi connectivity index (χ1) is 21.4. The fraction of sp³-hybridized carbons (Fsp3) is 0.200. The normalized spacial score (nSPS) is 12.1. The second-order valence-corrected chi connectivity index (χ2v) is 11.6. The average molecular weight is 613 g/mol. The fourth-order valence-corrected chi connectivity index (χ4v) is 5.60. The van der Waals surface area contributed by atoms with Crippen molar-refractivity contribution in [3.8, 4) is 28.7 Å². The molecule has 4 aromatic carbocycles. The molecule has 0 bridgehead atoms. The Bertz CT molecular complexity index is 2080. The molecule has 2 aliphatic rings. The summed E-state index contributed by atoms with van der Waals surface area (Å²) in [5, 5.41) is 2.17. The van der Waals surface area contributed by atoms with Crippen LogP contribution in [0.4, 0.5) is 17.3 Å². The highest BCUT2D eigenvalue weighted by molar-refractivity contribution is 6.50. The Labute approximate surface area is 256 Å². The first kappa shape index (κ1) is 30.0. The maximum Gasteiger partial charge on any atom is 0.673 e. The molecule has 7 rings (SSSR count). The smallest absolute Gasteiger partial charge is 0.460 e. The van der Waals surface area contributed by atoms with Gasteiger partial charge in [0.2, 0.25) is 16.7 Å². The first-order valence-electron chi connectivity index (χ1n) is 14.5. The van der Waals surface area contributed by atoms with E-state index in [9.17, 15) is 22.1 Å². The van der Waals surface area contributed by atoms with E-state index in [4.69, 9.17) is 13.6 Å². The van der Waals surface area contributed by atoms with E-state index < -0.39 is 12.9 Å². The molecule has 0 aliphatic carbocycles. The van der Waals surface area contributed by atoms with Crippen molar-refractivity contribution in [2.75, 3.05) is 0 Å². The summed E-state index contributed by atoms with van der Waals surface area (Å²) in [6, 6.07) is 26.7. The third-order valence-electron chi connectivity index (χ3n) is 7.13. The lowest BCUT2D eigenvalue weighted by Crippen LogP contribution is -2.33. The third kappa shape index (κ3) is 6.30. The van der Waals surface area contributed by atoms with Gasteiger partial charge in [0.1, 0.15) is 27.9 Å². The molecule has 1 aromatic heterocycles. The van der Waals surface area contributed by atoms with E-state index in [-0.39, 0.29) is 5.97 Å². The molecule has 10 heteroatoms. The summed E-state index contributed by atoms with van der Waals surface area (Å²) in [6.07, 6.45) is 1.70. The van der Waals surface area contributed by atoms with Crippen LogP contribution in [0.15, 0.2) is 87.7 Å². The molecule has 228 valence electrons. The number of rotatable bonds is 4. The van der Waals surface area contributed by atoms with E-state index in [1.54, 1.807) is 0 Å². The number of aromatic nitrogens is 1. The summed E-state index contributed by atoms with van der Waals surface area (Å²) in [5.41, 5.74) is 9.16. The molecular weight excluding hydrogens is 585 g/mol. The Kier molecular flexibility index (Phi) is 7.65. The number of halogens is 4. The van der Waals surface area contributed by atoms with E-state index in [0.29, 0.717) is 19.3 Å². The molecule has 5 aromatic rings. The Morgan fingerprint density at radius 1 is 0.778 bits per heavy atom. The minimum atomic E-state index is -6.00. The maximum absolute atomic E-state index is 11.9. The molecule has 0 radical (unpaired) electrons. The van der Waals surface area contributed by atoms with Gasteiger partial charge in [-0.15, -0.1) is 0 Å².